The van der Waals surface area contributed by atoms with Crippen molar-refractivity contribution in [2.24, 2.45) is 0 Å². The van der Waals surface area contributed by atoms with Crippen molar-refractivity contribution in [1.29, 1.82) is 0 Å². The summed E-state index contributed by atoms with van der Waals surface area (Å²) in [6.07, 6.45) is 0. The van der Waals surface area contributed by atoms with Crippen LogP contribution in [0, 0.1) is 0 Å². The number of rotatable bonds is 6. The molecule has 0 atom stereocenters. The molecule has 278 valence electrons. The lowest BCUT2D eigenvalue weighted by Gasteiger charge is -2.40. The summed E-state index contributed by atoms with van der Waals surface area (Å²) in [7, 11) is 0. The average Bonchev–Trinajstić information content (AvgIpc) is 3.80. The van der Waals surface area contributed by atoms with E-state index in [0.29, 0.717) is 0 Å². The van der Waals surface area contributed by atoms with Crippen LogP contribution in [0.4, 0.5) is 34.1 Å². The van der Waals surface area contributed by atoms with Gasteiger partial charge in [-0.15, -0.1) is 11.3 Å². The Morgan fingerprint density at radius 1 is 0.322 bits per heavy atom. The highest BCUT2D eigenvalue weighted by Gasteiger charge is 2.51. The molecule has 9 aromatic carbocycles. The number of anilines is 6. The zero-order valence-electron chi connectivity index (χ0n) is 32.0. The first-order valence-electron chi connectivity index (χ1n) is 20.1. The predicted octanol–water partition coefficient (Wildman–Crippen LogP) is 15.5. The molecule has 0 radical (unpaired) electrons. The van der Waals surface area contributed by atoms with E-state index in [1.807, 2.05) is 11.3 Å². The summed E-state index contributed by atoms with van der Waals surface area (Å²) in [6, 6.07) is 78.9. The Kier molecular flexibility index (Phi) is 7.62. The first kappa shape index (κ1) is 33.7. The highest BCUT2D eigenvalue weighted by molar-refractivity contribution is 7.25. The normalized spacial score (nSPS) is 13.0. The van der Waals surface area contributed by atoms with Crippen LogP contribution in [0.3, 0.4) is 0 Å². The quantitative estimate of drug-likeness (QED) is 0.167. The van der Waals surface area contributed by atoms with Gasteiger partial charge in [-0.05, 0) is 107 Å². The fourth-order valence-electron chi connectivity index (χ4n) is 9.63. The molecule has 2 heterocycles. The van der Waals surface area contributed by atoms with Gasteiger partial charge >= 0.3 is 0 Å². The summed E-state index contributed by atoms with van der Waals surface area (Å²) in [5.74, 6) is 1.75. The van der Waals surface area contributed by atoms with Crippen molar-refractivity contribution >= 4 is 65.6 Å². The molecule has 0 saturated heterocycles. The minimum Gasteiger partial charge on any atom is -0.457 e. The van der Waals surface area contributed by atoms with Crippen molar-refractivity contribution in [1.82, 2.24) is 0 Å². The second-order valence-corrected chi connectivity index (χ2v) is 16.3. The van der Waals surface area contributed by atoms with E-state index in [9.17, 15) is 0 Å². The fraction of sp³-hybridized carbons (Fsp3) is 0.0182. The number of para-hydroxylation sites is 4. The Morgan fingerprint density at radius 2 is 0.763 bits per heavy atom. The fourth-order valence-corrected chi connectivity index (χ4v) is 10.7. The molecular formula is C55H36N2OS. The molecule has 10 aromatic rings. The Hall–Kier alpha value is -7.40. The molecule has 12 rings (SSSR count). The van der Waals surface area contributed by atoms with Gasteiger partial charge in [0.2, 0.25) is 0 Å². The highest BCUT2D eigenvalue weighted by Crippen LogP contribution is 2.63. The number of hydrogen-bond acceptors (Lipinski definition) is 4. The van der Waals surface area contributed by atoms with E-state index in [2.05, 4.69) is 228 Å². The van der Waals surface area contributed by atoms with Crippen LogP contribution in [0.2, 0.25) is 0 Å². The van der Waals surface area contributed by atoms with Crippen molar-refractivity contribution in [3.63, 3.8) is 0 Å². The molecule has 0 N–H and O–H groups in total. The van der Waals surface area contributed by atoms with Gasteiger partial charge in [0.1, 0.15) is 11.5 Å². The second-order valence-electron chi connectivity index (χ2n) is 15.3. The van der Waals surface area contributed by atoms with Crippen molar-refractivity contribution in [2.75, 3.05) is 9.80 Å². The Labute approximate surface area is 347 Å². The van der Waals surface area contributed by atoms with Crippen molar-refractivity contribution in [2.45, 2.75) is 5.41 Å². The van der Waals surface area contributed by atoms with Crippen LogP contribution in [-0.2, 0) is 5.41 Å². The number of nitrogens with zero attached hydrogens (tertiary/aromatic N) is 2. The molecule has 0 saturated carbocycles. The topological polar surface area (TPSA) is 15.7 Å². The summed E-state index contributed by atoms with van der Waals surface area (Å²) >= 11 is 1.83. The monoisotopic (exact) mass is 772 g/mol. The third-order valence-corrected chi connectivity index (χ3v) is 13.2. The smallest absolute Gasteiger partial charge is 0.134 e. The largest absolute Gasteiger partial charge is 0.457 e. The molecule has 4 heteroatoms. The molecule has 1 spiro atoms. The van der Waals surface area contributed by atoms with Gasteiger partial charge in [-0.2, -0.15) is 0 Å². The van der Waals surface area contributed by atoms with E-state index in [1.54, 1.807) is 0 Å². The van der Waals surface area contributed by atoms with Crippen molar-refractivity contribution in [3.05, 3.63) is 241 Å². The van der Waals surface area contributed by atoms with Gasteiger partial charge in [0.05, 0.1) is 5.41 Å². The third kappa shape index (κ3) is 5.13. The highest BCUT2D eigenvalue weighted by atomic mass is 32.1. The molecule has 1 aliphatic carbocycles. The zero-order chi connectivity index (χ0) is 38.9. The molecule has 59 heavy (non-hydrogen) atoms. The summed E-state index contributed by atoms with van der Waals surface area (Å²) < 4.78 is 9.66. The van der Waals surface area contributed by atoms with E-state index >= 15 is 0 Å². The predicted molar refractivity (Wildman–Crippen MR) is 246 cm³/mol. The lowest BCUT2D eigenvalue weighted by Crippen LogP contribution is -2.32. The molecule has 1 aromatic heterocycles. The molecule has 0 amide bonds. The third-order valence-electron chi connectivity index (χ3n) is 12.1. The lowest BCUT2D eigenvalue weighted by atomic mass is 9.66. The van der Waals surface area contributed by atoms with Crippen LogP contribution in [0.5, 0.6) is 11.5 Å². The molecule has 2 aliphatic rings. The van der Waals surface area contributed by atoms with Gasteiger partial charge < -0.3 is 14.5 Å². The number of hydrogen-bond donors (Lipinski definition) is 0. The van der Waals surface area contributed by atoms with Crippen LogP contribution in [-0.4, -0.2) is 0 Å². The van der Waals surface area contributed by atoms with Gasteiger partial charge in [-0.1, -0.05) is 127 Å². The summed E-state index contributed by atoms with van der Waals surface area (Å²) in [5, 5.41) is 2.47. The van der Waals surface area contributed by atoms with Crippen molar-refractivity contribution < 1.29 is 4.74 Å². The molecule has 1 aliphatic heterocycles. The van der Waals surface area contributed by atoms with Crippen LogP contribution in [0.15, 0.2) is 218 Å². The molecule has 0 unspecified atom stereocenters. The summed E-state index contributed by atoms with van der Waals surface area (Å²) in [6.45, 7) is 0. The van der Waals surface area contributed by atoms with E-state index in [0.717, 1.165) is 51.2 Å². The molecular weight excluding hydrogens is 737 g/mol. The maximum Gasteiger partial charge on any atom is 0.134 e. The van der Waals surface area contributed by atoms with Crippen LogP contribution in [0.1, 0.15) is 22.3 Å². The van der Waals surface area contributed by atoms with E-state index < -0.39 is 5.41 Å². The Bertz CT molecular complexity index is 3070. The van der Waals surface area contributed by atoms with Gasteiger partial charge in [0, 0.05) is 71.5 Å². The van der Waals surface area contributed by atoms with Crippen molar-refractivity contribution in [3.8, 4) is 22.6 Å². The summed E-state index contributed by atoms with van der Waals surface area (Å²) in [5.41, 5.74) is 13.4. The van der Waals surface area contributed by atoms with Crippen LogP contribution >= 0.6 is 11.3 Å². The first-order valence-corrected chi connectivity index (χ1v) is 20.9. The van der Waals surface area contributed by atoms with Gasteiger partial charge in [0.25, 0.3) is 0 Å². The number of thiophene rings is 1. The first-order chi connectivity index (χ1) is 29.3. The SMILES string of the molecule is c1ccc(N(c2ccccc2)c2ccc3c(c2)Oc2cc4sc5ccc(N(c6ccccc6)c6ccccc6)cc5c4cc2C32c3ccccc3-c3ccccc32)cc1. The average molecular weight is 773 g/mol. The van der Waals surface area contributed by atoms with Crippen LogP contribution < -0.4 is 14.5 Å². The maximum atomic E-state index is 7.21. The van der Waals surface area contributed by atoms with E-state index in [4.69, 9.17) is 4.74 Å². The Balaban J connectivity index is 1.10. The number of fused-ring (bicyclic) bond motifs is 12. The minimum absolute atomic E-state index is 0.598. The Morgan fingerprint density at radius 3 is 1.31 bits per heavy atom. The van der Waals surface area contributed by atoms with Gasteiger partial charge in [0.15, 0.2) is 0 Å². The molecule has 3 nitrogen and oxygen atoms in total. The summed E-state index contributed by atoms with van der Waals surface area (Å²) in [4.78, 5) is 4.65. The molecule has 0 fully saturated rings. The van der Waals surface area contributed by atoms with Gasteiger partial charge in [-0.3, -0.25) is 0 Å². The number of benzene rings is 9. The molecule has 0 bridgehead atoms. The zero-order valence-corrected chi connectivity index (χ0v) is 32.8. The maximum absolute atomic E-state index is 7.21. The minimum atomic E-state index is -0.598. The standard InChI is InChI=1S/C55H36N2OS/c1-5-17-37(18-6-1)56(38-19-7-2-8-20-38)41-30-32-53-45(33-41)46-35-50-52(36-54(46)59-53)58-51-34-42(57(39-21-9-3-10-22-39)40-23-11-4-12-24-40)29-31-49(51)55(50)47-27-15-13-25-43(47)44-26-14-16-28-48(44)55/h1-36H. The van der Waals surface area contributed by atoms with E-state index in [-0.39, 0.29) is 0 Å². The number of ether oxygens (including phenoxy) is 1. The second kappa shape index (κ2) is 13.3. The van der Waals surface area contributed by atoms with Gasteiger partial charge in [-0.25, -0.2) is 0 Å². The van der Waals surface area contributed by atoms with E-state index in [1.165, 1.54) is 48.0 Å². The van der Waals surface area contributed by atoms with Crippen LogP contribution in [0.25, 0.3) is 31.3 Å². The lowest BCUT2D eigenvalue weighted by molar-refractivity contribution is 0.437.